The number of rotatable bonds is 5. The summed E-state index contributed by atoms with van der Waals surface area (Å²) in [6.07, 6.45) is 5.46. The fourth-order valence-corrected chi connectivity index (χ4v) is 3.32. The summed E-state index contributed by atoms with van der Waals surface area (Å²) in [6, 6.07) is 1.58. The lowest BCUT2D eigenvalue weighted by Crippen LogP contribution is -2.35. The van der Waals surface area contributed by atoms with Crippen LogP contribution < -0.4 is 5.32 Å². The summed E-state index contributed by atoms with van der Waals surface area (Å²) in [4.78, 5) is 30.8. The molecule has 1 fully saturated rings. The average Bonchev–Trinajstić information content (AvgIpc) is 3.23. The van der Waals surface area contributed by atoms with Crippen molar-refractivity contribution in [3.8, 4) is 0 Å². The third kappa shape index (κ3) is 2.93. The lowest BCUT2D eigenvalue weighted by atomic mass is 9.99. The molecular formula is C17H22N4O3. The molecule has 0 unspecified atom stereocenters. The van der Waals surface area contributed by atoms with Crippen molar-refractivity contribution in [2.75, 3.05) is 13.1 Å². The number of carbonyl (C=O) groups is 2. The third-order valence-electron chi connectivity index (χ3n) is 4.52. The summed E-state index contributed by atoms with van der Waals surface area (Å²) in [5, 5.41) is 2.92. The Bertz CT molecular complexity index is 749. The predicted octanol–water partition coefficient (Wildman–Crippen LogP) is 1.66. The fraction of sp³-hybridized carbons (Fsp3) is 0.471. The Morgan fingerprint density at radius 3 is 2.88 bits per heavy atom. The minimum Gasteiger partial charge on any atom is -0.469 e. The van der Waals surface area contributed by atoms with Crippen LogP contribution in [0.4, 0.5) is 0 Å². The van der Waals surface area contributed by atoms with Crippen molar-refractivity contribution in [2.24, 2.45) is 13.0 Å². The summed E-state index contributed by atoms with van der Waals surface area (Å²) < 4.78 is 7.10. The first-order valence-corrected chi connectivity index (χ1v) is 8.11. The van der Waals surface area contributed by atoms with Crippen LogP contribution in [0.2, 0.25) is 0 Å². The minimum atomic E-state index is -0.187. The number of amides is 2. The number of aryl methyl sites for hydroxylation is 2. The molecule has 3 rings (SSSR count). The molecule has 1 aliphatic heterocycles. The number of aromatic nitrogens is 2. The number of furan rings is 1. The molecule has 0 radical (unpaired) electrons. The van der Waals surface area contributed by atoms with Crippen molar-refractivity contribution in [3.63, 3.8) is 0 Å². The molecule has 7 nitrogen and oxygen atoms in total. The van der Waals surface area contributed by atoms with Crippen LogP contribution in [-0.2, 0) is 11.8 Å². The number of likely N-dealkylation sites (tertiary alicyclic amines) is 1. The SMILES string of the molecule is CCN1C(=O)C[C@@H](CNC(=O)c2coc(C)c2)[C@@H]1c1nccn1C. The zero-order valence-electron chi connectivity index (χ0n) is 14.2. The second-order valence-electron chi connectivity index (χ2n) is 6.14. The van der Waals surface area contributed by atoms with Gasteiger partial charge in [-0.2, -0.15) is 0 Å². The van der Waals surface area contributed by atoms with Gasteiger partial charge in [-0.15, -0.1) is 0 Å². The number of carbonyl (C=O) groups excluding carboxylic acids is 2. The zero-order valence-corrected chi connectivity index (χ0v) is 14.2. The van der Waals surface area contributed by atoms with Gasteiger partial charge in [0, 0.05) is 44.9 Å². The number of hydrogen-bond donors (Lipinski definition) is 1. The maximum absolute atomic E-state index is 12.3. The van der Waals surface area contributed by atoms with Crippen LogP contribution in [0.25, 0.3) is 0 Å². The molecule has 0 aromatic carbocycles. The summed E-state index contributed by atoms with van der Waals surface area (Å²) in [5.74, 6) is 1.45. The second kappa shape index (κ2) is 6.51. The molecule has 0 aliphatic carbocycles. The van der Waals surface area contributed by atoms with Gasteiger partial charge in [0.1, 0.15) is 17.8 Å². The van der Waals surface area contributed by atoms with Gasteiger partial charge >= 0.3 is 0 Å². The summed E-state index contributed by atoms with van der Waals surface area (Å²) in [6.45, 7) is 4.80. The molecule has 0 saturated carbocycles. The first kappa shape index (κ1) is 16.3. The number of imidazole rings is 1. The van der Waals surface area contributed by atoms with Crippen LogP contribution in [0.1, 0.15) is 41.3 Å². The van der Waals surface area contributed by atoms with E-state index in [-0.39, 0.29) is 23.8 Å². The van der Waals surface area contributed by atoms with Crippen LogP contribution in [0.3, 0.4) is 0 Å². The van der Waals surface area contributed by atoms with Gasteiger partial charge in [0.05, 0.1) is 11.6 Å². The van der Waals surface area contributed by atoms with Crippen molar-refractivity contribution in [2.45, 2.75) is 26.3 Å². The van der Waals surface area contributed by atoms with Gasteiger partial charge in [-0.25, -0.2) is 4.98 Å². The quantitative estimate of drug-likeness (QED) is 0.904. The van der Waals surface area contributed by atoms with Gasteiger partial charge in [-0.1, -0.05) is 0 Å². The van der Waals surface area contributed by atoms with Crippen LogP contribution in [0.15, 0.2) is 29.1 Å². The molecule has 3 heterocycles. The number of nitrogens with zero attached hydrogens (tertiary/aromatic N) is 3. The Morgan fingerprint density at radius 1 is 1.50 bits per heavy atom. The van der Waals surface area contributed by atoms with Crippen LogP contribution in [-0.4, -0.2) is 39.4 Å². The molecule has 24 heavy (non-hydrogen) atoms. The van der Waals surface area contributed by atoms with Gasteiger partial charge in [-0.3, -0.25) is 9.59 Å². The summed E-state index contributed by atoms with van der Waals surface area (Å²) >= 11 is 0. The molecule has 2 amide bonds. The Morgan fingerprint density at radius 2 is 2.29 bits per heavy atom. The van der Waals surface area contributed by atoms with Crippen molar-refractivity contribution in [3.05, 3.63) is 41.9 Å². The first-order chi connectivity index (χ1) is 11.5. The van der Waals surface area contributed by atoms with Gasteiger partial charge in [0.15, 0.2) is 0 Å². The first-order valence-electron chi connectivity index (χ1n) is 8.11. The van der Waals surface area contributed by atoms with Crippen LogP contribution >= 0.6 is 0 Å². The van der Waals surface area contributed by atoms with Crippen molar-refractivity contribution < 1.29 is 14.0 Å². The molecule has 1 saturated heterocycles. The van der Waals surface area contributed by atoms with E-state index in [9.17, 15) is 9.59 Å². The fourth-order valence-electron chi connectivity index (χ4n) is 3.32. The standard InChI is InChI=1S/C17H22N4O3/c1-4-21-14(22)8-12(15(21)16-18-5-6-20(16)3)9-19-17(23)13-7-11(2)24-10-13/h5-7,10,12,15H,4,8-9H2,1-3H3,(H,19,23)/t12-,15+/m0/s1. The molecule has 7 heteroatoms. The van der Waals surface area contributed by atoms with E-state index in [0.29, 0.717) is 30.8 Å². The molecule has 1 aliphatic rings. The highest BCUT2D eigenvalue weighted by Crippen LogP contribution is 2.36. The average molecular weight is 330 g/mol. The largest absolute Gasteiger partial charge is 0.469 e. The predicted molar refractivity (Wildman–Crippen MR) is 87.2 cm³/mol. The van der Waals surface area contributed by atoms with E-state index < -0.39 is 0 Å². The van der Waals surface area contributed by atoms with Gasteiger partial charge in [0.2, 0.25) is 5.91 Å². The van der Waals surface area contributed by atoms with E-state index in [4.69, 9.17) is 4.42 Å². The van der Waals surface area contributed by atoms with Crippen molar-refractivity contribution in [1.29, 1.82) is 0 Å². The molecule has 0 bridgehead atoms. The highest BCUT2D eigenvalue weighted by molar-refractivity contribution is 5.94. The Kier molecular flexibility index (Phi) is 4.42. The Hall–Kier alpha value is -2.57. The smallest absolute Gasteiger partial charge is 0.254 e. The van der Waals surface area contributed by atoms with Crippen LogP contribution in [0, 0.1) is 12.8 Å². The molecule has 2 aromatic rings. The van der Waals surface area contributed by atoms with E-state index in [1.54, 1.807) is 19.2 Å². The van der Waals surface area contributed by atoms with Crippen molar-refractivity contribution in [1.82, 2.24) is 19.8 Å². The monoisotopic (exact) mass is 330 g/mol. The summed E-state index contributed by atoms with van der Waals surface area (Å²) in [7, 11) is 1.92. The topological polar surface area (TPSA) is 80.4 Å². The third-order valence-corrected chi connectivity index (χ3v) is 4.52. The molecule has 2 atom stereocenters. The highest BCUT2D eigenvalue weighted by Gasteiger charge is 2.41. The Labute approximate surface area is 140 Å². The van der Waals surface area contributed by atoms with E-state index in [1.807, 2.05) is 29.6 Å². The minimum absolute atomic E-state index is 0.00417. The molecule has 0 spiro atoms. The molecular weight excluding hydrogens is 308 g/mol. The lowest BCUT2D eigenvalue weighted by Gasteiger charge is -2.27. The molecule has 1 N–H and O–H groups in total. The maximum Gasteiger partial charge on any atom is 0.254 e. The Balaban J connectivity index is 1.74. The number of hydrogen-bond acceptors (Lipinski definition) is 4. The zero-order chi connectivity index (χ0) is 17.3. The van der Waals surface area contributed by atoms with E-state index in [1.165, 1.54) is 6.26 Å². The number of nitrogens with one attached hydrogen (secondary N) is 1. The van der Waals surface area contributed by atoms with Gasteiger partial charge in [-0.05, 0) is 19.9 Å². The van der Waals surface area contributed by atoms with Gasteiger partial charge in [0.25, 0.3) is 5.91 Å². The maximum atomic E-state index is 12.3. The van der Waals surface area contributed by atoms with Crippen molar-refractivity contribution >= 4 is 11.8 Å². The van der Waals surface area contributed by atoms with Crippen LogP contribution in [0.5, 0.6) is 0 Å². The van der Waals surface area contributed by atoms with E-state index in [2.05, 4.69) is 10.3 Å². The second-order valence-corrected chi connectivity index (χ2v) is 6.14. The normalized spacial score (nSPS) is 20.6. The molecule has 128 valence electrons. The molecule has 2 aromatic heterocycles. The van der Waals surface area contributed by atoms with Gasteiger partial charge < -0.3 is 19.2 Å². The van der Waals surface area contributed by atoms with E-state index in [0.717, 1.165) is 5.82 Å². The lowest BCUT2D eigenvalue weighted by molar-refractivity contribution is -0.128. The summed E-state index contributed by atoms with van der Waals surface area (Å²) in [5.41, 5.74) is 0.498. The van der Waals surface area contributed by atoms with E-state index >= 15 is 0 Å². The highest BCUT2D eigenvalue weighted by atomic mass is 16.3.